The van der Waals surface area contributed by atoms with Gasteiger partial charge in [0, 0.05) is 11.6 Å². The van der Waals surface area contributed by atoms with E-state index >= 15 is 0 Å². The average Bonchev–Trinajstić information content (AvgIpc) is 2.78. The molecule has 2 N–H and O–H groups in total. The molecule has 0 atom stereocenters. The maximum atomic E-state index is 12.7. The number of rotatable bonds is 4. The molecule has 8 nitrogen and oxygen atoms in total. The number of phenolic OH excluding ortho intramolecular Hbond substituents is 1. The molecule has 0 saturated heterocycles. The number of benzene rings is 1. The molecule has 2 amide bonds. The van der Waals surface area contributed by atoms with Crippen molar-refractivity contribution in [2.24, 2.45) is 0 Å². The summed E-state index contributed by atoms with van der Waals surface area (Å²) in [4.78, 5) is 26.2. The summed E-state index contributed by atoms with van der Waals surface area (Å²) in [6.45, 7) is 0. The van der Waals surface area contributed by atoms with Crippen LogP contribution >= 0.6 is 12.8 Å². The van der Waals surface area contributed by atoms with Crippen molar-refractivity contribution < 1.29 is 14.6 Å². The Bertz CT molecular complexity index is 1100. The Morgan fingerprint density at radius 2 is 1.88 bits per heavy atom. The van der Waals surface area contributed by atoms with Crippen molar-refractivity contribution in [3.8, 4) is 22.8 Å². The number of fused-ring (bicyclic) bond motifs is 1. The van der Waals surface area contributed by atoms with E-state index in [0.29, 0.717) is 28.4 Å². The number of hydrogen-bond donors (Lipinski definition) is 3. The van der Waals surface area contributed by atoms with Gasteiger partial charge < -0.3 is 9.84 Å². The van der Waals surface area contributed by atoms with Gasteiger partial charge in [0.2, 0.25) is 0 Å². The molecule has 0 aliphatic heterocycles. The van der Waals surface area contributed by atoms with E-state index in [0.717, 1.165) is 31.2 Å². The Morgan fingerprint density at radius 3 is 2.62 bits per heavy atom. The first-order valence-corrected chi connectivity index (χ1v) is 11.3. The van der Waals surface area contributed by atoms with E-state index < -0.39 is 0 Å². The van der Waals surface area contributed by atoms with Gasteiger partial charge in [-0.1, -0.05) is 44.9 Å². The summed E-state index contributed by atoms with van der Waals surface area (Å²) in [5.41, 5.74) is 2.44. The van der Waals surface area contributed by atoms with Crippen LogP contribution in [0.15, 0.2) is 36.5 Å². The van der Waals surface area contributed by atoms with E-state index in [-0.39, 0.29) is 17.8 Å². The monoisotopic (exact) mass is 453 g/mol. The molecular formula is C23H27N5O3S. The predicted molar refractivity (Wildman–Crippen MR) is 127 cm³/mol. The van der Waals surface area contributed by atoms with Crippen LogP contribution in [0.1, 0.15) is 44.9 Å². The standard InChI is InChI=1S/C23H27N5O3S/c1-31-20-13-15(9-12-19(20)29)17-10-11-18-22(25-17)26-21(14-24-18)27-23(30)28(32)16-7-5-3-2-4-6-8-16/h9-14,16,29,32H,2-8H2,1H3,(H,25,26,27,30). The first-order chi connectivity index (χ1) is 15.5. The van der Waals surface area contributed by atoms with Crippen LogP contribution in [0.2, 0.25) is 0 Å². The summed E-state index contributed by atoms with van der Waals surface area (Å²) in [5.74, 6) is 0.738. The topological polar surface area (TPSA) is 100 Å². The number of carbonyl (C=O) groups is 1. The minimum absolute atomic E-state index is 0.0578. The fourth-order valence-corrected chi connectivity index (χ4v) is 4.25. The molecule has 2 aromatic heterocycles. The van der Waals surface area contributed by atoms with E-state index in [1.165, 1.54) is 36.9 Å². The largest absolute Gasteiger partial charge is 0.504 e. The number of nitrogens with zero attached hydrogens (tertiary/aromatic N) is 4. The Kier molecular flexibility index (Phi) is 6.94. The van der Waals surface area contributed by atoms with Crippen molar-refractivity contribution in [2.45, 2.75) is 51.0 Å². The number of ether oxygens (including phenoxy) is 1. The molecular weight excluding hydrogens is 426 g/mol. The van der Waals surface area contributed by atoms with Gasteiger partial charge in [0.15, 0.2) is 23.0 Å². The molecule has 1 saturated carbocycles. The molecule has 0 spiro atoms. The van der Waals surface area contributed by atoms with Crippen molar-refractivity contribution in [3.63, 3.8) is 0 Å². The van der Waals surface area contributed by atoms with Gasteiger partial charge in [-0.2, -0.15) is 0 Å². The van der Waals surface area contributed by atoms with Gasteiger partial charge in [-0.05, 0) is 43.2 Å². The highest BCUT2D eigenvalue weighted by Gasteiger charge is 2.22. The van der Waals surface area contributed by atoms with Crippen LogP contribution in [0.3, 0.4) is 0 Å². The van der Waals surface area contributed by atoms with E-state index in [1.54, 1.807) is 18.2 Å². The highest BCUT2D eigenvalue weighted by atomic mass is 32.1. The third kappa shape index (κ3) is 5.04. The van der Waals surface area contributed by atoms with Crippen LogP contribution < -0.4 is 10.1 Å². The lowest BCUT2D eigenvalue weighted by Crippen LogP contribution is -2.36. The summed E-state index contributed by atoms with van der Waals surface area (Å²) in [6, 6.07) is 8.45. The number of nitrogens with one attached hydrogen (secondary N) is 1. The zero-order valence-electron chi connectivity index (χ0n) is 18.0. The SMILES string of the molecule is COc1cc(-c2ccc3ncc(NC(=O)N(S)C4CCCCCCC4)nc3n2)ccc1O. The molecule has 4 rings (SSSR count). The summed E-state index contributed by atoms with van der Waals surface area (Å²) in [6.07, 6.45) is 9.34. The van der Waals surface area contributed by atoms with Gasteiger partial charge in [0.1, 0.15) is 5.52 Å². The number of thiol groups is 1. The van der Waals surface area contributed by atoms with Gasteiger partial charge in [-0.3, -0.25) is 9.62 Å². The van der Waals surface area contributed by atoms with Crippen LogP contribution in [-0.2, 0) is 0 Å². The second kappa shape index (κ2) is 10.0. The van der Waals surface area contributed by atoms with Crippen molar-refractivity contribution in [1.29, 1.82) is 0 Å². The molecule has 32 heavy (non-hydrogen) atoms. The van der Waals surface area contributed by atoms with Gasteiger partial charge in [-0.15, -0.1) is 0 Å². The number of carbonyl (C=O) groups excluding carboxylic acids is 1. The Balaban J connectivity index is 1.53. The smallest absolute Gasteiger partial charge is 0.333 e. The van der Waals surface area contributed by atoms with Gasteiger partial charge >= 0.3 is 6.03 Å². The van der Waals surface area contributed by atoms with Crippen molar-refractivity contribution in [3.05, 3.63) is 36.5 Å². The number of urea groups is 1. The molecule has 1 fully saturated rings. The lowest BCUT2D eigenvalue weighted by Gasteiger charge is -2.28. The van der Waals surface area contributed by atoms with E-state index in [1.807, 2.05) is 12.1 Å². The third-order valence-electron chi connectivity index (χ3n) is 5.75. The summed E-state index contributed by atoms with van der Waals surface area (Å²) in [5, 5.41) is 12.6. The second-order valence-electron chi connectivity index (χ2n) is 7.95. The minimum Gasteiger partial charge on any atom is -0.504 e. The highest BCUT2D eigenvalue weighted by Crippen LogP contribution is 2.31. The number of anilines is 1. The first-order valence-electron chi connectivity index (χ1n) is 10.9. The van der Waals surface area contributed by atoms with Gasteiger partial charge in [-0.25, -0.2) is 19.7 Å². The lowest BCUT2D eigenvalue weighted by atomic mass is 9.97. The van der Waals surface area contributed by atoms with Crippen LogP contribution in [0.4, 0.5) is 10.6 Å². The number of hydrogen-bond acceptors (Lipinski definition) is 7. The van der Waals surface area contributed by atoms with Gasteiger partial charge in [0.25, 0.3) is 0 Å². The number of aromatic nitrogens is 3. The fraction of sp³-hybridized carbons (Fsp3) is 0.391. The second-order valence-corrected chi connectivity index (χ2v) is 8.39. The Labute approximate surface area is 192 Å². The molecule has 1 aliphatic carbocycles. The molecule has 0 bridgehead atoms. The molecule has 9 heteroatoms. The number of pyridine rings is 1. The minimum atomic E-state index is -0.313. The number of phenols is 1. The zero-order valence-corrected chi connectivity index (χ0v) is 18.9. The molecule has 2 heterocycles. The van der Waals surface area contributed by atoms with E-state index in [9.17, 15) is 9.90 Å². The first kappa shape index (κ1) is 22.1. The lowest BCUT2D eigenvalue weighted by molar-refractivity contribution is 0.222. The Morgan fingerprint density at radius 1 is 1.12 bits per heavy atom. The van der Waals surface area contributed by atoms with Gasteiger partial charge in [0.05, 0.1) is 19.0 Å². The van der Waals surface area contributed by atoms with E-state index in [2.05, 4.69) is 33.1 Å². The number of methoxy groups -OCH3 is 1. The van der Waals surface area contributed by atoms with Crippen LogP contribution in [0, 0.1) is 0 Å². The number of aromatic hydroxyl groups is 1. The van der Waals surface area contributed by atoms with Crippen LogP contribution in [0.5, 0.6) is 11.5 Å². The zero-order chi connectivity index (χ0) is 22.5. The maximum Gasteiger partial charge on any atom is 0.333 e. The average molecular weight is 454 g/mol. The molecule has 1 aromatic carbocycles. The molecule has 168 valence electrons. The van der Waals surface area contributed by atoms with Crippen molar-refractivity contribution >= 4 is 35.8 Å². The van der Waals surface area contributed by atoms with Crippen molar-refractivity contribution in [2.75, 3.05) is 12.4 Å². The van der Waals surface area contributed by atoms with E-state index in [4.69, 9.17) is 4.74 Å². The molecule has 3 aromatic rings. The normalized spacial score (nSPS) is 15.1. The van der Waals surface area contributed by atoms with Crippen molar-refractivity contribution in [1.82, 2.24) is 19.3 Å². The van der Waals surface area contributed by atoms with Crippen LogP contribution in [0.25, 0.3) is 22.4 Å². The molecule has 0 radical (unpaired) electrons. The fourth-order valence-electron chi connectivity index (χ4n) is 3.97. The molecule has 0 unspecified atom stereocenters. The number of amides is 2. The summed E-state index contributed by atoms with van der Waals surface area (Å²) < 4.78 is 6.67. The predicted octanol–water partition coefficient (Wildman–Crippen LogP) is 5.20. The highest BCUT2D eigenvalue weighted by molar-refractivity contribution is 7.78. The third-order valence-corrected chi connectivity index (χ3v) is 6.25. The van der Waals surface area contributed by atoms with Crippen LogP contribution in [-0.4, -0.2) is 43.5 Å². The Hall–Kier alpha value is -3.07. The quantitative estimate of drug-likeness (QED) is 0.470. The summed E-state index contributed by atoms with van der Waals surface area (Å²) in [7, 11) is 1.49. The maximum absolute atomic E-state index is 12.7. The molecule has 1 aliphatic rings. The summed E-state index contributed by atoms with van der Waals surface area (Å²) >= 11 is 4.47.